The predicted octanol–water partition coefficient (Wildman–Crippen LogP) is 6.23. The summed E-state index contributed by atoms with van der Waals surface area (Å²) in [6, 6.07) is 14.4. The van der Waals surface area contributed by atoms with Gasteiger partial charge in [0, 0.05) is 28.6 Å². The van der Waals surface area contributed by atoms with E-state index in [1.165, 1.54) is 17.0 Å². The van der Waals surface area contributed by atoms with Gasteiger partial charge in [0.15, 0.2) is 0 Å². The summed E-state index contributed by atoms with van der Waals surface area (Å²) in [6.07, 6.45) is 1.66. The lowest BCUT2D eigenvalue weighted by Gasteiger charge is -2.37. The van der Waals surface area contributed by atoms with Crippen LogP contribution in [0.25, 0.3) is 0 Å². The summed E-state index contributed by atoms with van der Waals surface area (Å²) >= 11 is 7.80. The molecule has 0 saturated heterocycles. The number of rotatable bonds is 9. The SMILES string of the molecule is CC[C@H](C)CN(CC(=O)N1CCc2sccc2[C@H]1COc1ccc(F)cc1)C(=O)c1cccc(Cl)c1. The standard InChI is InChI=1S/C28H30ClFN2O3S/c1-3-19(2)16-31(28(34)20-5-4-6-21(29)15-20)17-27(33)32-13-11-26-24(12-14-36-26)25(32)18-35-23-9-7-22(30)8-10-23/h4-10,12,14-15,19,25H,3,11,13,16-18H2,1-2H3/t19-,25+/m0/s1. The van der Waals surface area contributed by atoms with E-state index in [-0.39, 0.29) is 42.7 Å². The molecular formula is C28H30ClFN2O3S. The largest absolute Gasteiger partial charge is 0.491 e. The number of carbonyl (C=O) groups is 2. The first-order valence-electron chi connectivity index (χ1n) is 12.1. The molecule has 0 spiro atoms. The van der Waals surface area contributed by atoms with Crippen molar-refractivity contribution in [3.63, 3.8) is 0 Å². The molecule has 0 bridgehead atoms. The normalized spacial score (nSPS) is 15.8. The van der Waals surface area contributed by atoms with Crippen molar-refractivity contribution in [3.8, 4) is 5.75 Å². The zero-order valence-corrected chi connectivity index (χ0v) is 22.0. The summed E-state index contributed by atoms with van der Waals surface area (Å²) in [7, 11) is 0. The third kappa shape index (κ3) is 6.26. The topological polar surface area (TPSA) is 49.9 Å². The monoisotopic (exact) mass is 528 g/mol. The zero-order chi connectivity index (χ0) is 25.7. The van der Waals surface area contributed by atoms with Crippen LogP contribution < -0.4 is 4.74 Å². The van der Waals surface area contributed by atoms with Crippen LogP contribution in [0.4, 0.5) is 4.39 Å². The predicted molar refractivity (Wildman–Crippen MR) is 141 cm³/mol. The van der Waals surface area contributed by atoms with E-state index in [2.05, 4.69) is 13.8 Å². The fourth-order valence-electron chi connectivity index (χ4n) is 4.36. The van der Waals surface area contributed by atoms with Crippen LogP contribution in [0.15, 0.2) is 60.0 Å². The number of hydrogen-bond donors (Lipinski definition) is 0. The van der Waals surface area contributed by atoms with E-state index >= 15 is 0 Å². The van der Waals surface area contributed by atoms with E-state index in [9.17, 15) is 14.0 Å². The average molecular weight is 529 g/mol. The van der Waals surface area contributed by atoms with Crippen molar-refractivity contribution in [1.82, 2.24) is 9.80 Å². The maximum Gasteiger partial charge on any atom is 0.254 e. The summed E-state index contributed by atoms with van der Waals surface area (Å²) in [6.45, 7) is 5.38. The maximum atomic E-state index is 13.7. The smallest absolute Gasteiger partial charge is 0.254 e. The summed E-state index contributed by atoms with van der Waals surface area (Å²) in [5.41, 5.74) is 1.53. The molecule has 0 radical (unpaired) electrons. The van der Waals surface area contributed by atoms with Crippen molar-refractivity contribution < 1.29 is 18.7 Å². The molecule has 36 heavy (non-hydrogen) atoms. The number of amides is 2. The first-order valence-corrected chi connectivity index (χ1v) is 13.4. The van der Waals surface area contributed by atoms with Gasteiger partial charge >= 0.3 is 0 Å². The molecule has 190 valence electrons. The third-order valence-electron chi connectivity index (χ3n) is 6.55. The second-order valence-corrected chi connectivity index (χ2v) is 10.6. The Morgan fingerprint density at radius 1 is 1.22 bits per heavy atom. The van der Waals surface area contributed by atoms with E-state index in [0.717, 1.165) is 18.4 Å². The molecule has 1 aliphatic heterocycles. The van der Waals surface area contributed by atoms with E-state index in [1.807, 2.05) is 16.3 Å². The minimum Gasteiger partial charge on any atom is -0.491 e. The molecule has 3 aromatic rings. The summed E-state index contributed by atoms with van der Waals surface area (Å²) in [5.74, 6) is 0.114. The number of carbonyl (C=O) groups excluding carboxylic acids is 2. The van der Waals surface area contributed by atoms with Crippen molar-refractivity contribution in [2.45, 2.75) is 32.7 Å². The minimum atomic E-state index is -0.331. The van der Waals surface area contributed by atoms with Crippen molar-refractivity contribution in [1.29, 1.82) is 0 Å². The van der Waals surface area contributed by atoms with Crippen molar-refractivity contribution in [2.75, 3.05) is 26.2 Å². The van der Waals surface area contributed by atoms with Crippen LogP contribution in [0, 0.1) is 11.7 Å². The molecule has 0 saturated carbocycles. The lowest BCUT2D eigenvalue weighted by molar-refractivity contribution is -0.135. The molecule has 4 rings (SSSR count). The first kappa shape index (κ1) is 26.2. The molecule has 0 unspecified atom stereocenters. The molecule has 2 amide bonds. The molecule has 1 aromatic heterocycles. The van der Waals surface area contributed by atoms with Gasteiger partial charge in [0.25, 0.3) is 5.91 Å². The number of hydrogen-bond acceptors (Lipinski definition) is 4. The van der Waals surface area contributed by atoms with Crippen LogP contribution in [-0.2, 0) is 11.2 Å². The highest BCUT2D eigenvalue weighted by atomic mass is 35.5. The Bertz CT molecular complexity index is 1200. The van der Waals surface area contributed by atoms with Crippen molar-refractivity contribution in [3.05, 3.63) is 86.8 Å². The summed E-state index contributed by atoms with van der Waals surface area (Å²) in [5, 5.41) is 2.51. The van der Waals surface area contributed by atoms with Crippen molar-refractivity contribution in [2.24, 2.45) is 5.92 Å². The van der Waals surface area contributed by atoms with Crippen LogP contribution >= 0.6 is 22.9 Å². The van der Waals surface area contributed by atoms with Gasteiger partial charge in [-0.15, -0.1) is 11.3 Å². The molecule has 2 aromatic carbocycles. The molecule has 2 heterocycles. The van der Waals surface area contributed by atoms with E-state index in [1.54, 1.807) is 52.6 Å². The molecular weight excluding hydrogens is 499 g/mol. The lowest BCUT2D eigenvalue weighted by Crippen LogP contribution is -2.48. The Morgan fingerprint density at radius 2 is 2.00 bits per heavy atom. The number of ether oxygens (including phenoxy) is 1. The van der Waals surface area contributed by atoms with Crippen LogP contribution in [0.3, 0.4) is 0 Å². The van der Waals surface area contributed by atoms with Crippen molar-refractivity contribution >= 4 is 34.8 Å². The second-order valence-electron chi connectivity index (χ2n) is 9.13. The van der Waals surface area contributed by atoms with E-state index < -0.39 is 0 Å². The van der Waals surface area contributed by atoms with Gasteiger partial charge in [0.1, 0.15) is 24.7 Å². The van der Waals surface area contributed by atoms with Crippen LogP contribution in [0.1, 0.15) is 47.1 Å². The average Bonchev–Trinajstić information content (AvgIpc) is 3.36. The Hall–Kier alpha value is -2.90. The minimum absolute atomic E-state index is 0.0256. The van der Waals surface area contributed by atoms with Crippen LogP contribution in [-0.4, -0.2) is 47.9 Å². The fourth-order valence-corrected chi connectivity index (χ4v) is 5.48. The van der Waals surface area contributed by atoms with Gasteiger partial charge < -0.3 is 14.5 Å². The Kier molecular flexibility index (Phi) is 8.64. The molecule has 2 atom stereocenters. The van der Waals surface area contributed by atoms with Crippen LogP contribution in [0.5, 0.6) is 5.75 Å². The van der Waals surface area contributed by atoms with Gasteiger partial charge in [-0.05, 0) is 71.8 Å². The van der Waals surface area contributed by atoms with Gasteiger partial charge in [-0.2, -0.15) is 0 Å². The highest BCUT2D eigenvalue weighted by Crippen LogP contribution is 2.34. The molecule has 1 aliphatic rings. The zero-order valence-electron chi connectivity index (χ0n) is 20.5. The van der Waals surface area contributed by atoms with Gasteiger partial charge in [0.05, 0.1) is 6.04 Å². The highest BCUT2D eigenvalue weighted by molar-refractivity contribution is 7.10. The summed E-state index contributed by atoms with van der Waals surface area (Å²) in [4.78, 5) is 31.7. The van der Waals surface area contributed by atoms with Gasteiger partial charge in [-0.1, -0.05) is 37.9 Å². The van der Waals surface area contributed by atoms with E-state index in [4.69, 9.17) is 16.3 Å². The Labute approximate surface area is 220 Å². The highest BCUT2D eigenvalue weighted by Gasteiger charge is 2.34. The molecule has 0 N–H and O–H groups in total. The van der Waals surface area contributed by atoms with Gasteiger partial charge in [-0.3, -0.25) is 9.59 Å². The van der Waals surface area contributed by atoms with Gasteiger partial charge in [-0.25, -0.2) is 4.39 Å². The summed E-state index contributed by atoms with van der Waals surface area (Å²) < 4.78 is 19.3. The Balaban J connectivity index is 1.54. The second kappa shape index (κ2) is 11.9. The lowest BCUT2D eigenvalue weighted by atomic mass is 10.00. The molecule has 5 nitrogen and oxygen atoms in total. The van der Waals surface area contributed by atoms with E-state index in [0.29, 0.717) is 29.4 Å². The molecule has 8 heteroatoms. The van der Waals surface area contributed by atoms with Gasteiger partial charge in [0.2, 0.25) is 5.91 Å². The first-order chi connectivity index (χ1) is 17.4. The Morgan fingerprint density at radius 3 is 2.72 bits per heavy atom. The maximum absolute atomic E-state index is 13.7. The quantitative estimate of drug-likeness (QED) is 0.330. The molecule has 0 fully saturated rings. The number of nitrogens with zero attached hydrogens (tertiary/aromatic N) is 2. The third-order valence-corrected chi connectivity index (χ3v) is 7.78. The molecule has 0 aliphatic carbocycles. The fraction of sp³-hybridized carbons (Fsp3) is 0.357. The number of benzene rings is 2. The number of fused-ring (bicyclic) bond motifs is 1. The van der Waals surface area contributed by atoms with Crippen LogP contribution in [0.2, 0.25) is 5.02 Å². The number of thiophene rings is 1. The number of halogens is 2.